The molecule has 0 N–H and O–H groups in total. The largest absolute Gasteiger partial charge is 0.497 e. The number of nitrogens with zero attached hydrogens (tertiary/aromatic N) is 2. The summed E-state index contributed by atoms with van der Waals surface area (Å²) in [6.07, 6.45) is 0.874. The second-order valence-corrected chi connectivity index (χ2v) is 8.84. The van der Waals surface area contributed by atoms with E-state index in [-0.39, 0.29) is 23.7 Å². The molecule has 5 rings (SSSR count). The van der Waals surface area contributed by atoms with Crippen molar-refractivity contribution >= 4 is 11.8 Å². The molecule has 1 fully saturated rings. The van der Waals surface area contributed by atoms with Gasteiger partial charge in [-0.3, -0.25) is 9.59 Å². The van der Waals surface area contributed by atoms with Gasteiger partial charge in [0.1, 0.15) is 5.75 Å². The first-order valence-electron chi connectivity index (χ1n) is 11.5. The fourth-order valence-corrected chi connectivity index (χ4v) is 5.09. The Morgan fingerprint density at radius 2 is 1.52 bits per heavy atom. The van der Waals surface area contributed by atoms with E-state index in [9.17, 15) is 9.59 Å². The number of methoxy groups -OCH3 is 1. The Morgan fingerprint density at radius 3 is 2.24 bits per heavy atom. The second kappa shape index (κ2) is 9.10. The average molecular weight is 441 g/mol. The first kappa shape index (κ1) is 21.3. The summed E-state index contributed by atoms with van der Waals surface area (Å²) >= 11 is 0. The lowest BCUT2D eigenvalue weighted by Crippen LogP contribution is -2.42. The van der Waals surface area contributed by atoms with Crippen molar-refractivity contribution in [3.05, 3.63) is 101 Å². The summed E-state index contributed by atoms with van der Waals surface area (Å²) in [7, 11) is 1.61. The summed E-state index contributed by atoms with van der Waals surface area (Å²) in [5, 5.41) is 0. The molecule has 5 heteroatoms. The molecule has 2 amide bonds. The Bertz CT molecular complexity index is 1140. The van der Waals surface area contributed by atoms with Crippen LogP contribution >= 0.6 is 0 Å². The van der Waals surface area contributed by atoms with Crippen molar-refractivity contribution in [1.82, 2.24) is 9.80 Å². The highest BCUT2D eigenvalue weighted by Gasteiger charge is 2.42. The van der Waals surface area contributed by atoms with Crippen molar-refractivity contribution in [2.45, 2.75) is 18.9 Å². The highest BCUT2D eigenvalue weighted by Crippen LogP contribution is 2.36. The third kappa shape index (κ3) is 4.23. The lowest BCUT2D eigenvalue weighted by atomic mass is 9.87. The Labute approximate surface area is 194 Å². The van der Waals surface area contributed by atoms with Crippen molar-refractivity contribution < 1.29 is 14.3 Å². The number of carbonyl (C=O) groups excluding carboxylic acids is 2. The van der Waals surface area contributed by atoms with E-state index in [1.54, 1.807) is 31.4 Å². The van der Waals surface area contributed by atoms with Crippen molar-refractivity contribution in [1.29, 1.82) is 0 Å². The zero-order chi connectivity index (χ0) is 22.8. The van der Waals surface area contributed by atoms with Gasteiger partial charge in [0.2, 0.25) is 5.91 Å². The number of fused-ring (bicyclic) bond motifs is 1. The number of rotatable bonds is 4. The second-order valence-electron chi connectivity index (χ2n) is 8.84. The average Bonchev–Trinajstić information content (AvgIpc) is 3.33. The summed E-state index contributed by atoms with van der Waals surface area (Å²) in [6, 6.07) is 25.6. The molecule has 33 heavy (non-hydrogen) atoms. The summed E-state index contributed by atoms with van der Waals surface area (Å²) in [5.74, 6) is 0.549. The Balaban J connectivity index is 1.39. The monoisotopic (exact) mass is 440 g/mol. The van der Waals surface area contributed by atoms with Crippen LogP contribution in [0.25, 0.3) is 0 Å². The van der Waals surface area contributed by atoms with Crippen LogP contribution in [0.4, 0.5) is 0 Å². The van der Waals surface area contributed by atoms with Gasteiger partial charge in [0, 0.05) is 37.7 Å². The number of hydrogen-bond acceptors (Lipinski definition) is 3. The number of hydrogen-bond donors (Lipinski definition) is 0. The van der Waals surface area contributed by atoms with Crippen LogP contribution in [-0.2, 0) is 17.8 Å². The lowest BCUT2D eigenvalue weighted by molar-refractivity contribution is -0.136. The van der Waals surface area contributed by atoms with E-state index in [0.29, 0.717) is 30.9 Å². The van der Waals surface area contributed by atoms with Crippen LogP contribution in [0.2, 0.25) is 0 Å². The lowest BCUT2D eigenvalue weighted by Gasteiger charge is -2.32. The number of carbonyl (C=O) groups is 2. The number of benzene rings is 3. The summed E-state index contributed by atoms with van der Waals surface area (Å²) in [4.78, 5) is 30.9. The number of amides is 2. The molecule has 0 aromatic heterocycles. The van der Waals surface area contributed by atoms with E-state index in [0.717, 1.165) is 18.5 Å². The first-order valence-corrected chi connectivity index (χ1v) is 11.5. The SMILES string of the molecule is COc1ccc(C(=O)N2CC(C(=O)N3CCc4ccccc4C3)C(c3ccccc3)C2)cc1. The molecule has 5 nitrogen and oxygen atoms in total. The normalized spacial score (nSPS) is 19.8. The van der Waals surface area contributed by atoms with Crippen LogP contribution in [0.15, 0.2) is 78.9 Å². The zero-order valence-electron chi connectivity index (χ0n) is 18.8. The predicted molar refractivity (Wildman–Crippen MR) is 127 cm³/mol. The molecule has 0 aliphatic carbocycles. The predicted octanol–water partition coefficient (Wildman–Crippen LogP) is 4.14. The molecule has 0 spiro atoms. The maximum atomic E-state index is 13.8. The van der Waals surface area contributed by atoms with E-state index >= 15 is 0 Å². The summed E-state index contributed by atoms with van der Waals surface area (Å²) < 4.78 is 5.21. The molecule has 2 atom stereocenters. The molecule has 2 aliphatic rings. The minimum Gasteiger partial charge on any atom is -0.497 e. The number of likely N-dealkylation sites (tertiary alicyclic amines) is 1. The van der Waals surface area contributed by atoms with Crippen LogP contribution in [0, 0.1) is 5.92 Å². The molecule has 2 heterocycles. The Hall–Kier alpha value is -3.60. The Morgan fingerprint density at radius 1 is 0.818 bits per heavy atom. The van der Waals surface area contributed by atoms with Crippen LogP contribution in [0.5, 0.6) is 5.75 Å². The minimum atomic E-state index is -0.250. The molecule has 3 aromatic rings. The third-order valence-electron chi connectivity index (χ3n) is 6.93. The molecule has 2 aliphatic heterocycles. The molecule has 2 unspecified atom stereocenters. The van der Waals surface area contributed by atoms with Crippen LogP contribution in [0.1, 0.15) is 33.0 Å². The van der Waals surface area contributed by atoms with Gasteiger partial charge < -0.3 is 14.5 Å². The van der Waals surface area contributed by atoms with Gasteiger partial charge in [0.15, 0.2) is 0 Å². The van der Waals surface area contributed by atoms with E-state index < -0.39 is 0 Å². The molecule has 0 radical (unpaired) electrons. The smallest absolute Gasteiger partial charge is 0.253 e. The highest BCUT2D eigenvalue weighted by atomic mass is 16.5. The summed E-state index contributed by atoms with van der Waals surface area (Å²) in [5.41, 5.74) is 4.27. The van der Waals surface area contributed by atoms with E-state index in [1.165, 1.54) is 11.1 Å². The molecule has 0 saturated carbocycles. The van der Waals surface area contributed by atoms with Crippen molar-refractivity contribution in [2.75, 3.05) is 26.7 Å². The fourth-order valence-electron chi connectivity index (χ4n) is 5.09. The third-order valence-corrected chi connectivity index (χ3v) is 6.93. The minimum absolute atomic E-state index is 0.0157. The van der Waals surface area contributed by atoms with Gasteiger partial charge in [-0.2, -0.15) is 0 Å². The van der Waals surface area contributed by atoms with Gasteiger partial charge in [-0.15, -0.1) is 0 Å². The molecular weight excluding hydrogens is 412 g/mol. The van der Waals surface area contributed by atoms with Gasteiger partial charge in [-0.1, -0.05) is 54.6 Å². The molecule has 168 valence electrons. The summed E-state index contributed by atoms with van der Waals surface area (Å²) in [6.45, 7) is 2.33. The van der Waals surface area contributed by atoms with Crippen molar-refractivity contribution in [2.24, 2.45) is 5.92 Å². The van der Waals surface area contributed by atoms with E-state index in [4.69, 9.17) is 4.74 Å². The molecule has 0 bridgehead atoms. The quantitative estimate of drug-likeness (QED) is 0.613. The Kier molecular flexibility index (Phi) is 5.86. The van der Waals surface area contributed by atoms with Gasteiger partial charge >= 0.3 is 0 Å². The van der Waals surface area contributed by atoms with E-state index in [1.807, 2.05) is 34.1 Å². The number of ether oxygens (including phenoxy) is 1. The van der Waals surface area contributed by atoms with Gasteiger partial charge in [0.25, 0.3) is 5.91 Å². The van der Waals surface area contributed by atoms with Crippen LogP contribution in [-0.4, -0.2) is 48.4 Å². The van der Waals surface area contributed by atoms with Gasteiger partial charge in [0.05, 0.1) is 13.0 Å². The van der Waals surface area contributed by atoms with Crippen LogP contribution < -0.4 is 4.74 Å². The molecular formula is C28H28N2O3. The van der Waals surface area contributed by atoms with Crippen LogP contribution in [0.3, 0.4) is 0 Å². The van der Waals surface area contributed by atoms with Crippen molar-refractivity contribution in [3.63, 3.8) is 0 Å². The molecule has 3 aromatic carbocycles. The zero-order valence-corrected chi connectivity index (χ0v) is 18.8. The standard InChI is InChI=1S/C28H28N2O3/c1-33-24-13-11-22(12-14-24)27(31)30-18-25(21-8-3-2-4-9-21)26(19-30)28(32)29-16-15-20-7-5-6-10-23(20)17-29/h2-14,25-26H,15-19H2,1H3. The maximum absolute atomic E-state index is 13.8. The topological polar surface area (TPSA) is 49.9 Å². The molecule has 1 saturated heterocycles. The highest BCUT2D eigenvalue weighted by molar-refractivity contribution is 5.95. The fraction of sp³-hybridized carbons (Fsp3) is 0.286. The van der Waals surface area contributed by atoms with Crippen molar-refractivity contribution in [3.8, 4) is 5.75 Å². The van der Waals surface area contributed by atoms with E-state index in [2.05, 4.69) is 30.3 Å². The van der Waals surface area contributed by atoms with Gasteiger partial charge in [-0.25, -0.2) is 0 Å². The van der Waals surface area contributed by atoms with Gasteiger partial charge in [-0.05, 0) is 47.4 Å². The maximum Gasteiger partial charge on any atom is 0.253 e. The first-order chi connectivity index (χ1) is 16.1.